The number of hydrogen-bond donors (Lipinski definition) is 3. The Morgan fingerprint density at radius 3 is 2.61 bits per heavy atom. The van der Waals surface area contributed by atoms with Crippen LogP contribution in [0.4, 0.5) is 0 Å². The van der Waals surface area contributed by atoms with E-state index in [9.17, 15) is 18.3 Å². The van der Waals surface area contributed by atoms with Crippen molar-refractivity contribution < 1.29 is 18.3 Å². The molecule has 2 rings (SSSR count). The molecule has 3 N–H and O–H groups in total. The second-order valence-corrected chi connectivity index (χ2v) is 7.61. The van der Waals surface area contributed by atoms with Crippen molar-refractivity contribution in [1.82, 2.24) is 14.6 Å². The van der Waals surface area contributed by atoms with Gasteiger partial charge in [-0.1, -0.05) is 6.07 Å². The van der Waals surface area contributed by atoms with Gasteiger partial charge in [0.1, 0.15) is 5.69 Å². The standard InChI is InChI=1S/C15H21N3O4S/c1-16-23(21,22)9-10-4-5-13-12(8-10)11(6-7-18(2)3)14(17-13)15(19)20/h4-5,8,16-17H,6-7,9H2,1-3H3,(H,19,20). The van der Waals surface area contributed by atoms with E-state index in [2.05, 4.69) is 9.71 Å². The molecule has 0 aliphatic carbocycles. The van der Waals surface area contributed by atoms with E-state index in [1.54, 1.807) is 18.2 Å². The van der Waals surface area contributed by atoms with Gasteiger partial charge in [0, 0.05) is 17.4 Å². The molecule has 0 aliphatic heterocycles. The number of aromatic carboxylic acids is 1. The van der Waals surface area contributed by atoms with Gasteiger partial charge in [0.05, 0.1) is 5.75 Å². The molecule has 0 unspecified atom stereocenters. The first-order valence-corrected chi connectivity index (χ1v) is 8.81. The van der Waals surface area contributed by atoms with E-state index >= 15 is 0 Å². The highest BCUT2D eigenvalue weighted by molar-refractivity contribution is 7.88. The number of aromatic amines is 1. The van der Waals surface area contributed by atoms with Gasteiger partial charge in [-0.05, 0) is 50.8 Å². The monoisotopic (exact) mass is 339 g/mol. The average molecular weight is 339 g/mol. The predicted molar refractivity (Wildman–Crippen MR) is 89.2 cm³/mol. The van der Waals surface area contributed by atoms with E-state index in [0.717, 1.165) is 5.39 Å². The fourth-order valence-corrected chi connectivity index (χ4v) is 3.22. The fourth-order valence-electron chi connectivity index (χ4n) is 2.45. The van der Waals surface area contributed by atoms with Crippen LogP contribution in [0.15, 0.2) is 18.2 Å². The minimum atomic E-state index is -3.37. The largest absolute Gasteiger partial charge is 0.477 e. The van der Waals surface area contributed by atoms with E-state index in [1.165, 1.54) is 7.05 Å². The number of carboxylic acid groups (broad SMARTS) is 1. The summed E-state index contributed by atoms with van der Waals surface area (Å²) < 4.78 is 25.7. The van der Waals surface area contributed by atoms with E-state index < -0.39 is 16.0 Å². The number of rotatable bonds is 7. The molecule has 0 aliphatic rings. The number of carbonyl (C=O) groups is 1. The smallest absolute Gasteiger partial charge is 0.352 e. The molecule has 0 saturated carbocycles. The number of nitrogens with zero attached hydrogens (tertiary/aromatic N) is 1. The predicted octanol–water partition coefficient (Wildman–Crippen LogP) is 1.02. The highest BCUT2D eigenvalue weighted by Crippen LogP contribution is 2.25. The normalized spacial score (nSPS) is 12.2. The number of likely N-dealkylation sites (N-methyl/N-ethyl adjacent to an activating group) is 1. The molecule has 0 atom stereocenters. The number of carboxylic acids is 1. The second-order valence-electron chi connectivity index (χ2n) is 5.68. The van der Waals surface area contributed by atoms with Crippen LogP contribution in [0.1, 0.15) is 21.6 Å². The molecule has 0 amide bonds. The maximum Gasteiger partial charge on any atom is 0.352 e. The lowest BCUT2D eigenvalue weighted by Gasteiger charge is -2.09. The van der Waals surface area contributed by atoms with Gasteiger partial charge < -0.3 is 15.0 Å². The maximum absolute atomic E-state index is 11.7. The molecule has 1 aromatic heterocycles. The Balaban J connectivity index is 2.50. The van der Waals surface area contributed by atoms with Crippen LogP contribution in [0.3, 0.4) is 0 Å². The molecule has 7 nitrogen and oxygen atoms in total. The average Bonchev–Trinajstić information content (AvgIpc) is 2.83. The summed E-state index contributed by atoms with van der Waals surface area (Å²) in [7, 11) is 1.83. The van der Waals surface area contributed by atoms with Crippen molar-refractivity contribution in [3.05, 3.63) is 35.0 Å². The molecule has 2 aromatic rings. The van der Waals surface area contributed by atoms with Gasteiger partial charge in [0.25, 0.3) is 0 Å². The summed E-state index contributed by atoms with van der Waals surface area (Å²) >= 11 is 0. The van der Waals surface area contributed by atoms with E-state index in [4.69, 9.17) is 0 Å². The van der Waals surface area contributed by atoms with Crippen LogP contribution in [0.25, 0.3) is 10.9 Å². The minimum Gasteiger partial charge on any atom is -0.477 e. The van der Waals surface area contributed by atoms with E-state index in [-0.39, 0.29) is 11.4 Å². The lowest BCUT2D eigenvalue weighted by atomic mass is 10.1. The number of H-pyrrole nitrogens is 1. The van der Waals surface area contributed by atoms with Gasteiger partial charge in [-0.15, -0.1) is 0 Å². The highest BCUT2D eigenvalue weighted by Gasteiger charge is 2.18. The number of fused-ring (bicyclic) bond motifs is 1. The van der Waals surface area contributed by atoms with E-state index in [1.807, 2.05) is 19.0 Å². The molecule has 0 saturated heterocycles. The van der Waals surface area contributed by atoms with Crippen molar-refractivity contribution in [3.63, 3.8) is 0 Å². The fraction of sp³-hybridized carbons (Fsp3) is 0.400. The number of sulfonamides is 1. The molecule has 8 heteroatoms. The Hall–Kier alpha value is -1.90. The molecular formula is C15H21N3O4S. The summed E-state index contributed by atoms with van der Waals surface area (Å²) in [5.41, 5.74) is 2.18. The summed E-state index contributed by atoms with van der Waals surface area (Å²) in [5, 5.41) is 10.1. The summed E-state index contributed by atoms with van der Waals surface area (Å²) in [4.78, 5) is 16.3. The lowest BCUT2D eigenvalue weighted by Crippen LogP contribution is -2.20. The Labute approximate surface area is 135 Å². The van der Waals surface area contributed by atoms with Crippen molar-refractivity contribution in [3.8, 4) is 0 Å². The van der Waals surface area contributed by atoms with Crippen molar-refractivity contribution in [2.24, 2.45) is 0 Å². The summed E-state index contributed by atoms with van der Waals surface area (Å²) in [5.74, 6) is -1.15. The number of hydrogen-bond acceptors (Lipinski definition) is 4. The Morgan fingerprint density at radius 1 is 1.35 bits per heavy atom. The zero-order valence-corrected chi connectivity index (χ0v) is 14.2. The molecule has 126 valence electrons. The maximum atomic E-state index is 11.7. The summed E-state index contributed by atoms with van der Waals surface area (Å²) in [6.07, 6.45) is 0.566. The highest BCUT2D eigenvalue weighted by atomic mass is 32.2. The molecule has 0 fully saturated rings. The Bertz CT molecular complexity index is 825. The first-order chi connectivity index (χ1) is 10.7. The minimum absolute atomic E-state index is 0.139. The van der Waals surface area contributed by atoms with Gasteiger partial charge in [-0.25, -0.2) is 17.9 Å². The van der Waals surface area contributed by atoms with Crippen LogP contribution < -0.4 is 4.72 Å². The number of benzene rings is 1. The van der Waals surface area contributed by atoms with Crippen LogP contribution in [0, 0.1) is 0 Å². The van der Waals surface area contributed by atoms with E-state index in [0.29, 0.717) is 29.6 Å². The molecule has 23 heavy (non-hydrogen) atoms. The molecule has 0 spiro atoms. The van der Waals surface area contributed by atoms with Gasteiger partial charge in [-0.2, -0.15) is 0 Å². The van der Waals surface area contributed by atoms with Crippen molar-refractivity contribution in [1.29, 1.82) is 0 Å². The van der Waals surface area contributed by atoms with Crippen LogP contribution in [0.5, 0.6) is 0 Å². The molecule has 1 heterocycles. The summed E-state index contributed by atoms with van der Waals surface area (Å²) in [6.45, 7) is 0.701. The lowest BCUT2D eigenvalue weighted by molar-refractivity contribution is 0.0690. The first-order valence-electron chi connectivity index (χ1n) is 7.16. The van der Waals surface area contributed by atoms with Gasteiger partial charge in [0.15, 0.2) is 0 Å². The second kappa shape index (κ2) is 6.69. The van der Waals surface area contributed by atoms with Crippen molar-refractivity contribution >= 4 is 26.9 Å². The van der Waals surface area contributed by atoms with Gasteiger partial charge in [0.2, 0.25) is 10.0 Å². The van der Waals surface area contributed by atoms with Gasteiger partial charge >= 0.3 is 5.97 Å². The number of aromatic nitrogens is 1. The number of nitrogens with one attached hydrogen (secondary N) is 2. The zero-order chi connectivity index (χ0) is 17.2. The third-order valence-electron chi connectivity index (χ3n) is 3.66. The van der Waals surface area contributed by atoms with Crippen LogP contribution in [-0.4, -0.2) is 57.1 Å². The Morgan fingerprint density at radius 2 is 2.04 bits per heavy atom. The topological polar surface area (TPSA) is 102 Å². The van der Waals surface area contributed by atoms with Crippen molar-refractivity contribution in [2.45, 2.75) is 12.2 Å². The van der Waals surface area contributed by atoms with Crippen molar-refractivity contribution in [2.75, 3.05) is 27.7 Å². The quantitative estimate of drug-likeness (QED) is 0.699. The van der Waals surface area contributed by atoms with Gasteiger partial charge in [-0.3, -0.25) is 0 Å². The Kier molecular flexibility index (Phi) is 5.08. The summed E-state index contributed by atoms with van der Waals surface area (Å²) in [6, 6.07) is 5.16. The van der Waals surface area contributed by atoms with Crippen LogP contribution in [-0.2, 0) is 22.2 Å². The SMILES string of the molecule is CNS(=O)(=O)Cc1ccc2[nH]c(C(=O)O)c(CCN(C)C)c2c1. The molecule has 1 aromatic carbocycles. The van der Waals surface area contributed by atoms with Crippen LogP contribution >= 0.6 is 0 Å². The third-order valence-corrected chi connectivity index (χ3v) is 5.00. The molecule has 0 bridgehead atoms. The molecular weight excluding hydrogens is 318 g/mol. The van der Waals surface area contributed by atoms with Crippen LogP contribution in [0.2, 0.25) is 0 Å². The zero-order valence-electron chi connectivity index (χ0n) is 13.4. The molecule has 0 radical (unpaired) electrons. The first kappa shape index (κ1) is 17.5. The third kappa shape index (κ3) is 4.10.